The molecule has 2 amide bonds. The number of carboxylic acid groups (broad SMARTS) is 1. The van der Waals surface area contributed by atoms with E-state index in [1.54, 1.807) is 35.2 Å². The van der Waals surface area contributed by atoms with Crippen molar-refractivity contribution in [1.82, 2.24) is 10.2 Å². The van der Waals surface area contributed by atoms with Gasteiger partial charge in [-0.05, 0) is 31.0 Å². The fourth-order valence-corrected chi connectivity index (χ4v) is 3.76. The molecule has 7 nitrogen and oxygen atoms in total. The highest BCUT2D eigenvalue weighted by Crippen LogP contribution is 2.37. The highest BCUT2D eigenvalue weighted by Gasteiger charge is 2.52. The Labute approximate surface area is 151 Å². The van der Waals surface area contributed by atoms with Crippen LogP contribution in [-0.4, -0.2) is 53.0 Å². The Hall–Kier alpha value is -2.83. The lowest BCUT2D eigenvalue weighted by Crippen LogP contribution is -2.56. The number of piperidine rings is 1. The number of hydrogen-bond donors (Lipinski definition) is 2. The van der Waals surface area contributed by atoms with E-state index in [-0.39, 0.29) is 18.2 Å². The lowest BCUT2D eigenvalue weighted by molar-refractivity contribution is -0.144. The molecular weight excluding hydrogens is 336 g/mol. The molecule has 0 saturated carbocycles. The third-order valence-corrected chi connectivity index (χ3v) is 5.13. The topological polar surface area (TPSA) is 95.9 Å². The van der Waals surface area contributed by atoms with Crippen molar-refractivity contribution in [3.8, 4) is 5.75 Å². The van der Waals surface area contributed by atoms with E-state index in [0.29, 0.717) is 43.9 Å². The Morgan fingerprint density at radius 3 is 2.77 bits per heavy atom. The van der Waals surface area contributed by atoms with Gasteiger partial charge in [-0.2, -0.15) is 0 Å². The molecule has 2 saturated heterocycles. The van der Waals surface area contributed by atoms with Crippen molar-refractivity contribution in [1.29, 1.82) is 0 Å². The second kappa shape index (κ2) is 7.19. The van der Waals surface area contributed by atoms with Gasteiger partial charge in [-0.1, -0.05) is 18.7 Å². The Kier molecular flexibility index (Phi) is 4.97. The summed E-state index contributed by atoms with van der Waals surface area (Å²) in [6.45, 7) is 4.76. The predicted molar refractivity (Wildman–Crippen MR) is 93.9 cm³/mol. The standard InChI is InChI=1S/C19H22N2O5/c1-2-10-26-14-5-3-4-13(11-14)17(23)21-8-6-19(7-9-21)15(18(24)25)12-16(22)20-19/h2-5,11,15H,1,6-10,12H2,(H,20,22)(H,24,25)/t15-/m1/s1. The van der Waals surface area contributed by atoms with Crippen LogP contribution in [0.5, 0.6) is 5.75 Å². The molecule has 2 N–H and O–H groups in total. The SMILES string of the molecule is C=CCOc1cccc(C(=O)N2CCC3(CC2)NC(=O)C[C@@H]3C(=O)O)c1. The molecular formula is C19H22N2O5. The van der Waals surface area contributed by atoms with Gasteiger partial charge in [0.2, 0.25) is 5.91 Å². The number of likely N-dealkylation sites (tertiary alicyclic amines) is 1. The maximum Gasteiger partial charge on any atom is 0.309 e. The van der Waals surface area contributed by atoms with E-state index in [9.17, 15) is 19.5 Å². The van der Waals surface area contributed by atoms with Gasteiger partial charge >= 0.3 is 5.97 Å². The zero-order chi connectivity index (χ0) is 18.7. The summed E-state index contributed by atoms with van der Waals surface area (Å²) >= 11 is 0. The van der Waals surface area contributed by atoms with Gasteiger partial charge in [0.25, 0.3) is 5.91 Å². The smallest absolute Gasteiger partial charge is 0.309 e. The number of carbonyl (C=O) groups is 3. The van der Waals surface area contributed by atoms with Gasteiger partial charge in [0.1, 0.15) is 12.4 Å². The molecule has 3 rings (SSSR count). The highest BCUT2D eigenvalue weighted by molar-refractivity contribution is 5.95. The summed E-state index contributed by atoms with van der Waals surface area (Å²) in [4.78, 5) is 37.7. The summed E-state index contributed by atoms with van der Waals surface area (Å²) in [5, 5.41) is 12.3. The normalized spacial score (nSPS) is 21.3. The second-order valence-electron chi connectivity index (χ2n) is 6.72. The van der Waals surface area contributed by atoms with Crippen LogP contribution in [0.3, 0.4) is 0 Å². The van der Waals surface area contributed by atoms with Crippen LogP contribution in [0, 0.1) is 5.92 Å². The molecule has 138 valence electrons. The van der Waals surface area contributed by atoms with Gasteiger partial charge in [-0.3, -0.25) is 14.4 Å². The molecule has 1 aromatic carbocycles. The fourth-order valence-electron chi connectivity index (χ4n) is 3.76. The van der Waals surface area contributed by atoms with Crippen LogP contribution in [0.2, 0.25) is 0 Å². The first-order chi connectivity index (χ1) is 12.4. The molecule has 1 spiro atoms. The number of ether oxygens (including phenoxy) is 1. The monoisotopic (exact) mass is 358 g/mol. The number of rotatable bonds is 5. The number of nitrogens with zero attached hydrogens (tertiary/aromatic N) is 1. The zero-order valence-electron chi connectivity index (χ0n) is 14.4. The summed E-state index contributed by atoms with van der Waals surface area (Å²) in [6, 6.07) is 6.95. The van der Waals surface area contributed by atoms with Crippen LogP contribution in [0.4, 0.5) is 0 Å². The number of aliphatic carboxylic acids is 1. The van der Waals surface area contributed by atoms with Crippen molar-refractivity contribution in [2.45, 2.75) is 24.8 Å². The summed E-state index contributed by atoms with van der Waals surface area (Å²) in [7, 11) is 0. The largest absolute Gasteiger partial charge is 0.490 e. The Morgan fingerprint density at radius 1 is 1.38 bits per heavy atom. The molecule has 0 radical (unpaired) electrons. The molecule has 1 aromatic rings. The van der Waals surface area contributed by atoms with E-state index in [1.165, 1.54) is 0 Å². The summed E-state index contributed by atoms with van der Waals surface area (Å²) in [5.74, 6) is -1.46. The van der Waals surface area contributed by atoms with Crippen LogP contribution in [0.1, 0.15) is 29.6 Å². The number of hydrogen-bond acceptors (Lipinski definition) is 4. The fraction of sp³-hybridized carbons (Fsp3) is 0.421. The van der Waals surface area contributed by atoms with E-state index in [0.717, 1.165) is 0 Å². The third kappa shape index (κ3) is 3.42. The second-order valence-corrected chi connectivity index (χ2v) is 6.72. The van der Waals surface area contributed by atoms with E-state index >= 15 is 0 Å². The Morgan fingerprint density at radius 2 is 2.12 bits per heavy atom. The van der Waals surface area contributed by atoms with Gasteiger partial charge in [0.15, 0.2) is 0 Å². The van der Waals surface area contributed by atoms with E-state index < -0.39 is 17.4 Å². The molecule has 2 fully saturated rings. The first-order valence-corrected chi connectivity index (χ1v) is 8.62. The Bertz CT molecular complexity index is 737. The lowest BCUT2D eigenvalue weighted by atomic mass is 9.77. The average molecular weight is 358 g/mol. The van der Waals surface area contributed by atoms with Crippen molar-refractivity contribution in [2.75, 3.05) is 19.7 Å². The van der Waals surface area contributed by atoms with Crippen molar-refractivity contribution in [2.24, 2.45) is 5.92 Å². The molecule has 0 aromatic heterocycles. The minimum atomic E-state index is -0.963. The Balaban J connectivity index is 1.68. The molecule has 0 aliphatic carbocycles. The van der Waals surface area contributed by atoms with Gasteiger partial charge in [0, 0.05) is 25.1 Å². The van der Waals surface area contributed by atoms with Crippen molar-refractivity contribution in [3.63, 3.8) is 0 Å². The lowest BCUT2D eigenvalue weighted by Gasteiger charge is -2.41. The molecule has 2 heterocycles. The molecule has 7 heteroatoms. The molecule has 0 bridgehead atoms. The van der Waals surface area contributed by atoms with Crippen LogP contribution in [0.15, 0.2) is 36.9 Å². The molecule has 26 heavy (non-hydrogen) atoms. The van der Waals surface area contributed by atoms with Crippen LogP contribution < -0.4 is 10.1 Å². The number of amides is 2. The first kappa shape index (κ1) is 18.0. The zero-order valence-corrected chi connectivity index (χ0v) is 14.4. The number of benzene rings is 1. The van der Waals surface area contributed by atoms with E-state index in [4.69, 9.17) is 4.74 Å². The maximum absolute atomic E-state index is 12.8. The third-order valence-electron chi connectivity index (χ3n) is 5.13. The van der Waals surface area contributed by atoms with Crippen LogP contribution in [0.25, 0.3) is 0 Å². The molecule has 2 aliphatic heterocycles. The minimum Gasteiger partial charge on any atom is -0.490 e. The van der Waals surface area contributed by atoms with E-state index in [1.807, 2.05) is 0 Å². The highest BCUT2D eigenvalue weighted by atomic mass is 16.5. The minimum absolute atomic E-state index is 0.00592. The summed E-state index contributed by atoms with van der Waals surface area (Å²) in [5.41, 5.74) is -0.220. The van der Waals surface area contributed by atoms with Gasteiger partial charge in [-0.15, -0.1) is 0 Å². The molecule has 2 aliphatic rings. The predicted octanol–water partition coefficient (Wildman–Crippen LogP) is 1.45. The van der Waals surface area contributed by atoms with Crippen LogP contribution >= 0.6 is 0 Å². The maximum atomic E-state index is 12.8. The van der Waals surface area contributed by atoms with Gasteiger partial charge < -0.3 is 20.1 Å². The molecule has 0 unspecified atom stereocenters. The number of carboxylic acids is 1. The quantitative estimate of drug-likeness (QED) is 0.777. The summed E-state index contributed by atoms with van der Waals surface area (Å²) in [6.07, 6.45) is 2.52. The number of nitrogens with one attached hydrogen (secondary N) is 1. The average Bonchev–Trinajstić information content (AvgIpc) is 2.96. The summed E-state index contributed by atoms with van der Waals surface area (Å²) < 4.78 is 5.46. The van der Waals surface area contributed by atoms with Crippen molar-refractivity contribution < 1.29 is 24.2 Å². The number of carbonyl (C=O) groups excluding carboxylic acids is 2. The van der Waals surface area contributed by atoms with Gasteiger partial charge in [-0.25, -0.2) is 0 Å². The molecule has 1 atom stereocenters. The van der Waals surface area contributed by atoms with Crippen molar-refractivity contribution in [3.05, 3.63) is 42.5 Å². The van der Waals surface area contributed by atoms with Crippen molar-refractivity contribution >= 4 is 17.8 Å². The first-order valence-electron chi connectivity index (χ1n) is 8.62. The van der Waals surface area contributed by atoms with E-state index in [2.05, 4.69) is 11.9 Å². The van der Waals surface area contributed by atoms with Gasteiger partial charge in [0.05, 0.1) is 11.5 Å². The van der Waals surface area contributed by atoms with Crippen LogP contribution in [-0.2, 0) is 9.59 Å².